The summed E-state index contributed by atoms with van der Waals surface area (Å²) in [6.45, 7) is 1.72. The van der Waals surface area contributed by atoms with Gasteiger partial charge in [-0.05, 0) is 19.1 Å². The minimum atomic E-state index is -0.468. The Morgan fingerprint density at radius 3 is 3.06 bits per heavy atom. The molecule has 6 heteroatoms. The van der Waals surface area contributed by atoms with Crippen LogP contribution in [0.4, 0.5) is 5.69 Å². The van der Waals surface area contributed by atoms with Gasteiger partial charge in [0.1, 0.15) is 11.6 Å². The molecule has 1 N–H and O–H groups in total. The van der Waals surface area contributed by atoms with E-state index in [4.69, 9.17) is 11.6 Å². The van der Waals surface area contributed by atoms with Crippen molar-refractivity contribution in [2.45, 2.75) is 13.0 Å². The second-order valence-electron chi connectivity index (χ2n) is 3.51. The SMILES string of the molecule is COC(=O)C(C)Nc1c(Cl)ccc2scnc12. The molecule has 0 aliphatic carbocycles. The van der Waals surface area contributed by atoms with Crippen molar-refractivity contribution in [3.8, 4) is 0 Å². The van der Waals surface area contributed by atoms with Crippen molar-refractivity contribution in [2.75, 3.05) is 12.4 Å². The molecule has 0 saturated carbocycles. The van der Waals surface area contributed by atoms with Crippen LogP contribution in [0.25, 0.3) is 10.2 Å². The van der Waals surface area contributed by atoms with Crippen molar-refractivity contribution in [3.05, 3.63) is 22.7 Å². The lowest BCUT2D eigenvalue weighted by atomic mass is 10.2. The molecule has 0 fully saturated rings. The number of carbonyl (C=O) groups is 1. The molecule has 1 atom stereocenters. The zero-order valence-electron chi connectivity index (χ0n) is 9.36. The van der Waals surface area contributed by atoms with Gasteiger partial charge in [0, 0.05) is 0 Å². The predicted molar refractivity (Wildman–Crippen MR) is 69.7 cm³/mol. The lowest BCUT2D eigenvalue weighted by Gasteiger charge is -2.14. The first kappa shape index (κ1) is 12.1. The summed E-state index contributed by atoms with van der Waals surface area (Å²) in [6.07, 6.45) is 0. The first-order valence-corrected chi connectivity index (χ1v) is 6.25. The van der Waals surface area contributed by atoms with Gasteiger partial charge in [0.15, 0.2) is 0 Å². The monoisotopic (exact) mass is 270 g/mol. The third-order valence-corrected chi connectivity index (χ3v) is 3.48. The third-order valence-electron chi connectivity index (χ3n) is 2.37. The third kappa shape index (κ3) is 2.35. The lowest BCUT2D eigenvalue weighted by Crippen LogP contribution is -2.27. The zero-order chi connectivity index (χ0) is 12.4. The number of nitrogens with one attached hydrogen (secondary N) is 1. The first-order chi connectivity index (χ1) is 8.13. The van der Waals surface area contributed by atoms with E-state index in [-0.39, 0.29) is 5.97 Å². The first-order valence-electron chi connectivity index (χ1n) is 4.99. The van der Waals surface area contributed by atoms with E-state index in [1.54, 1.807) is 18.5 Å². The number of nitrogens with zero attached hydrogens (tertiary/aromatic N) is 1. The van der Waals surface area contributed by atoms with Crippen LogP contribution in [-0.2, 0) is 9.53 Å². The maximum atomic E-state index is 11.4. The average molecular weight is 271 g/mol. The van der Waals surface area contributed by atoms with Gasteiger partial charge < -0.3 is 10.1 Å². The van der Waals surface area contributed by atoms with Crippen LogP contribution < -0.4 is 5.32 Å². The van der Waals surface area contributed by atoms with Crippen molar-refractivity contribution in [3.63, 3.8) is 0 Å². The zero-order valence-corrected chi connectivity index (χ0v) is 10.9. The second-order valence-corrected chi connectivity index (χ2v) is 4.80. The summed E-state index contributed by atoms with van der Waals surface area (Å²) >= 11 is 7.63. The molecule has 1 aromatic heterocycles. The van der Waals surface area contributed by atoms with Crippen LogP contribution in [0.5, 0.6) is 0 Å². The number of rotatable bonds is 3. The van der Waals surface area contributed by atoms with E-state index in [0.717, 1.165) is 10.2 Å². The van der Waals surface area contributed by atoms with Gasteiger partial charge in [-0.3, -0.25) is 0 Å². The van der Waals surface area contributed by atoms with Crippen molar-refractivity contribution >= 4 is 44.8 Å². The van der Waals surface area contributed by atoms with Crippen LogP contribution >= 0.6 is 22.9 Å². The smallest absolute Gasteiger partial charge is 0.327 e. The van der Waals surface area contributed by atoms with Gasteiger partial charge in [-0.1, -0.05) is 11.6 Å². The van der Waals surface area contributed by atoms with E-state index in [1.807, 2.05) is 6.07 Å². The van der Waals surface area contributed by atoms with Crippen LogP contribution in [-0.4, -0.2) is 24.1 Å². The number of carbonyl (C=O) groups excluding carboxylic acids is 1. The van der Waals surface area contributed by atoms with Gasteiger partial charge in [-0.25, -0.2) is 9.78 Å². The van der Waals surface area contributed by atoms with E-state index in [9.17, 15) is 4.79 Å². The molecule has 1 aromatic carbocycles. The number of hydrogen-bond donors (Lipinski definition) is 1. The fourth-order valence-corrected chi connectivity index (χ4v) is 2.39. The summed E-state index contributed by atoms with van der Waals surface area (Å²) in [5, 5.41) is 3.57. The fraction of sp³-hybridized carbons (Fsp3) is 0.273. The molecule has 1 heterocycles. The molecule has 17 heavy (non-hydrogen) atoms. The molecule has 0 saturated heterocycles. The molecule has 1 unspecified atom stereocenters. The normalized spacial score (nSPS) is 12.4. The quantitative estimate of drug-likeness (QED) is 0.872. The maximum absolute atomic E-state index is 11.4. The van der Waals surface area contributed by atoms with E-state index in [0.29, 0.717) is 10.7 Å². The fourth-order valence-electron chi connectivity index (χ4n) is 1.50. The number of esters is 1. The Bertz CT molecular complexity index is 555. The van der Waals surface area contributed by atoms with Crippen LogP contribution in [0, 0.1) is 0 Å². The molecule has 0 aliphatic heterocycles. The Kier molecular flexibility index (Phi) is 3.49. The number of halogens is 1. The largest absolute Gasteiger partial charge is 0.467 e. The minimum Gasteiger partial charge on any atom is -0.467 e. The highest BCUT2D eigenvalue weighted by molar-refractivity contribution is 7.16. The van der Waals surface area contributed by atoms with Crippen molar-refractivity contribution in [1.82, 2.24) is 4.98 Å². The molecule has 0 spiro atoms. The molecule has 4 nitrogen and oxygen atoms in total. The maximum Gasteiger partial charge on any atom is 0.327 e. The molecule has 2 aromatic rings. The minimum absolute atomic E-state index is 0.340. The summed E-state index contributed by atoms with van der Waals surface area (Å²) in [4.78, 5) is 15.6. The topological polar surface area (TPSA) is 51.2 Å². The van der Waals surface area contributed by atoms with Crippen LogP contribution in [0.1, 0.15) is 6.92 Å². The Morgan fingerprint density at radius 2 is 2.35 bits per heavy atom. The Balaban J connectivity index is 2.37. The van der Waals surface area contributed by atoms with Gasteiger partial charge in [0.2, 0.25) is 0 Å². The van der Waals surface area contributed by atoms with Crippen LogP contribution in [0.3, 0.4) is 0 Å². The molecule has 0 amide bonds. The molecule has 0 bridgehead atoms. The van der Waals surface area contributed by atoms with Gasteiger partial charge in [0.05, 0.1) is 28.0 Å². The number of aromatic nitrogens is 1. The van der Waals surface area contributed by atoms with E-state index in [1.165, 1.54) is 18.4 Å². The standard InChI is InChI=1S/C11H11ClN2O2S/c1-6(11(15)16-2)14-9-7(12)3-4-8-10(9)13-5-17-8/h3-6,14H,1-2H3. The van der Waals surface area contributed by atoms with Gasteiger partial charge in [-0.15, -0.1) is 11.3 Å². The number of thiazole rings is 1. The molecule has 0 radical (unpaired) electrons. The highest BCUT2D eigenvalue weighted by Gasteiger charge is 2.16. The van der Waals surface area contributed by atoms with Crippen molar-refractivity contribution in [1.29, 1.82) is 0 Å². The molecule has 2 rings (SSSR count). The lowest BCUT2D eigenvalue weighted by molar-refractivity contribution is -0.141. The number of methoxy groups -OCH3 is 1. The number of benzene rings is 1. The molecule has 90 valence electrons. The number of anilines is 1. The highest BCUT2D eigenvalue weighted by atomic mass is 35.5. The van der Waals surface area contributed by atoms with Gasteiger partial charge in [-0.2, -0.15) is 0 Å². The summed E-state index contributed by atoms with van der Waals surface area (Å²) < 4.78 is 5.68. The molecular weight excluding hydrogens is 260 g/mol. The highest BCUT2D eigenvalue weighted by Crippen LogP contribution is 2.32. The number of hydrogen-bond acceptors (Lipinski definition) is 5. The summed E-state index contributed by atoms with van der Waals surface area (Å²) in [5.74, 6) is -0.340. The second kappa shape index (κ2) is 4.89. The van der Waals surface area contributed by atoms with E-state index >= 15 is 0 Å². The Labute approximate surface area is 108 Å². The van der Waals surface area contributed by atoms with Crippen LogP contribution in [0.15, 0.2) is 17.6 Å². The molecular formula is C11H11ClN2O2S. The van der Waals surface area contributed by atoms with Gasteiger partial charge in [0.25, 0.3) is 0 Å². The summed E-state index contributed by atoms with van der Waals surface area (Å²) in [5.41, 5.74) is 3.19. The van der Waals surface area contributed by atoms with Crippen molar-refractivity contribution in [2.24, 2.45) is 0 Å². The predicted octanol–water partition coefficient (Wildman–Crippen LogP) is 2.92. The van der Waals surface area contributed by atoms with Crippen molar-refractivity contribution < 1.29 is 9.53 Å². The summed E-state index contributed by atoms with van der Waals surface area (Å²) in [7, 11) is 1.35. The average Bonchev–Trinajstić information content (AvgIpc) is 2.80. The van der Waals surface area contributed by atoms with Gasteiger partial charge >= 0.3 is 5.97 Å². The summed E-state index contributed by atoms with van der Waals surface area (Å²) in [6, 6.07) is 3.22. The Morgan fingerprint density at radius 1 is 1.59 bits per heavy atom. The van der Waals surface area contributed by atoms with E-state index in [2.05, 4.69) is 15.0 Å². The Hall–Kier alpha value is -1.33. The van der Waals surface area contributed by atoms with Crippen LogP contribution in [0.2, 0.25) is 5.02 Å². The van der Waals surface area contributed by atoms with E-state index < -0.39 is 6.04 Å². The number of ether oxygens (including phenoxy) is 1. The molecule has 0 aliphatic rings. The number of fused-ring (bicyclic) bond motifs is 1.